The van der Waals surface area contributed by atoms with E-state index in [4.69, 9.17) is 0 Å². The molecule has 7 heteroatoms. The largest absolute Gasteiger partial charge is 0.322 e. The second-order valence-corrected chi connectivity index (χ2v) is 11.5. The molecule has 192 valence electrons. The molecule has 2 heterocycles. The average Bonchev–Trinajstić information content (AvgIpc) is 3.14. The summed E-state index contributed by atoms with van der Waals surface area (Å²) < 4.78 is 0. The lowest BCUT2D eigenvalue weighted by atomic mass is 9.96. The Bertz CT molecular complexity index is 882. The first-order chi connectivity index (χ1) is 17.1. The van der Waals surface area contributed by atoms with Gasteiger partial charge in [0.25, 0.3) is 5.91 Å². The number of piperidine rings is 1. The van der Waals surface area contributed by atoms with Crippen LogP contribution < -0.4 is 10.6 Å². The summed E-state index contributed by atoms with van der Waals surface area (Å²) in [6.45, 7) is 1.62. The molecule has 0 bridgehead atoms. The first-order valence-electron chi connectivity index (χ1n) is 13.8. The molecule has 1 unspecified atom stereocenters. The summed E-state index contributed by atoms with van der Waals surface area (Å²) in [5.74, 6) is 0.378. The zero-order chi connectivity index (χ0) is 24.5. The van der Waals surface area contributed by atoms with Gasteiger partial charge in [-0.05, 0) is 68.2 Å². The van der Waals surface area contributed by atoms with Gasteiger partial charge in [0.05, 0.1) is 0 Å². The fraction of sp³-hybridized carbons (Fsp3) is 0.679. The maximum atomic E-state index is 12.8. The lowest BCUT2D eigenvalue weighted by molar-refractivity contribution is -0.136. The van der Waals surface area contributed by atoms with Crippen LogP contribution in [0.2, 0.25) is 0 Å². The number of hydrogen-bond donors (Lipinski definition) is 2. The molecule has 35 heavy (non-hydrogen) atoms. The Hall–Kier alpha value is -1.86. The van der Waals surface area contributed by atoms with Gasteiger partial charge >= 0.3 is 0 Å². The standard InChI is InChI=1S/C28H41N3O3S/c32-26-16-15-25(27(33)30-26)31-20-21-19-23(13-14-24(21)28(31)34)35-18-10-6-2-5-9-17-29-22-11-7-3-1-4-8-12-22/h13-14,19,22,25,29H,1-12,15-18,20H2,(H,30,32,33). The van der Waals surface area contributed by atoms with Crippen LogP contribution in [0, 0.1) is 0 Å². The quantitative estimate of drug-likeness (QED) is 0.249. The first-order valence-corrected chi connectivity index (χ1v) is 14.7. The number of rotatable bonds is 11. The van der Waals surface area contributed by atoms with Crippen LogP contribution >= 0.6 is 11.8 Å². The summed E-state index contributed by atoms with van der Waals surface area (Å²) >= 11 is 1.85. The minimum atomic E-state index is -0.546. The molecule has 1 aromatic rings. The van der Waals surface area contributed by atoms with Crippen LogP contribution in [0.15, 0.2) is 23.1 Å². The Labute approximate surface area is 214 Å². The van der Waals surface area contributed by atoms with Crippen molar-refractivity contribution in [3.05, 3.63) is 29.3 Å². The monoisotopic (exact) mass is 499 g/mol. The number of carbonyl (C=O) groups excluding carboxylic acids is 3. The summed E-state index contributed by atoms with van der Waals surface area (Å²) in [6, 6.07) is 6.23. The van der Waals surface area contributed by atoms with Crippen LogP contribution in [-0.4, -0.2) is 47.0 Å². The van der Waals surface area contributed by atoms with Crippen LogP contribution in [0.3, 0.4) is 0 Å². The van der Waals surface area contributed by atoms with Gasteiger partial charge in [-0.2, -0.15) is 0 Å². The van der Waals surface area contributed by atoms with Gasteiger partial charge in [-0.15, -0.1) is 11.8 Å². The smallest absolute Gasteiger partial charge is 0.255 e. The van der Waals surface area contributed by atoms with E-state index in [0.29, 0.717) is 18.5 Å². The van der Waals surface area contributed by atoms with Crippen LogP contribution in [0.1, 0.15) is 106 Å². The van der Waals surface area contributed by atoms with Crippen LogP contribution in [0.25, 0.3) is 0 Å². The maximum Gasteiger partial charge on any atom is 0.255 e. The molecule has 4 rings (SSSR count). The third kappa shape index (κ3) is 7.56. The minimum Gasteiger partial charge on any atom is -0.322 e. The number of fused-ring (bicyclic) bond motifs is 1. The van der Waals surface area contributed by atoms with E-state index in [1.54, 1.807) is 4.90 Å². The Morgan fingerprint density at radius 1 is 0.914 bits per heavy atom. The molecule has 1 saturated carbocycles. The Morgan fingerprint density at radius 3 is 2.46 bits per heavy atom. The Balaban J connectivity index is 1.10. The van der Waals surface area contributed by atoms with E-state index >= 15 is 0 Å². The van der Waals surface area contributed by atoms with Crippen molar-refractivity contribution < 1.29 is 14.4 Å². The van der Waals surface area contributed by atoms with Crippen molar-refractivity contribution in [3.63, 3.8) is 0 Å². The highest BCUT2D eigenvalue weighted by Crippen LogP contribution is 2.31. The number of hydrogen-bond acceptors (Lipinski definition) is 5. The number of unbranched alkanes of at least 4 members (excludes halogenated alkanes) is 4. The molecule has 3 amide bonds. The van der Waals surface area contributed by atoms with Gasteiger partial charge in [-0.3, -0.25) is 19.7 Å². The van der Waals surface area contributed by atoms with E-state index in [1.807, 2.05) is 23.9 Å². The van der Waals surface area contributed by atoms with Gasteiger partial charge in [0.15, 0.2) is 0 Å². The molecule has 1 aromatic carbocycles. The lowest BCUT2D eigenvalue weighted by Gasteiger charge is -2.29. The number of nitrogens with zero attached hydrogens (tertiary/aromatic N) is 1. The molecule has 0 radical (unpaired) electrons. The van der Waals surface area contributed by atoms with Crippen molar-refractivity contribution in [3.8, 4) is 0 Å². The van der Waals surface area contributed by atoms with Crippen LogP contribution in [0.4, 0.5) is 0 Å². The third-order valence-corrected chi connectivity index (χ3v) is 8.70. The van der Waals surface area contributed by atoms with E-state index in [2.05, 4.69) is 16.7 Å². The van der Waals surface area contributed by atoms with Gasteiger partial charge in [0, 0.05) is 29.5 Å². The molecule has 3 aliphatic rings. The van der Waals surface area contributed by atoms with Crippen LogP contribution in [0.5, 0.6) is 0 Å². The van der Waals surface area contributed by atoms with Gasteiger partial charge in [0.2, 0.25) is 11.8 Å². The van der Waals surface area contributed by atoms with Crippen molar-refractivity contribution in [1.82, 2.24) is 15.5 Å². The van der Waals surface area contributed by atoms with E-state index in [1.165, 1.54) is 88.5 Å². The molecule has 0 aromatic heterocycles. The maximum absolute atomic E-state index is 12.8. The van der Waals surface area contributed by atoms with E-state index in [-0.39, 0.29) is 24.1 Å². The molecular formula is C28H41N3O3S. The van der Waals surface area contributed by atoms with Gasteiger partial charge in [-0.25, -0.2) is 0 Å². The van der Waals surface area contributed by atoms with Crippen molar-refractivity contribution in [1.29, 1.82) is 0 Å². The van der Waals surface area contributed by atoms with Crippen molar-refractivity contribution >= 4 is 29.5 Å². The molecule has 2 fully saturated rings. The molecular weight excluding hydrogens is 458 g/mol. The van der Waals surface area contributed by atoms with Crippen LogP contribution in [-0.2, 0) is 16.1 Å². The van der Waals surface area contributed by atoms with Gasteiger partial charge in [-0.1, -0.05) is 51.4 Å². The third-order valence-electron chi connectivity index (χ3n) is 7.62. The highest BCUT2D eigenvalue weighted by atomic mass is 32.2. The summed E-state index contributed by atoms with van der Waals surface area (Å²) in [5, 5.41) is 6.16. The summed E-state index contributed by atoms with van der Waals surface area (Å²) in [4.78, 5) is 39.2. The second-order valence-electron chi connectivity index (χ2n) is 10.3. The topological polar surface area (TPSA) is 78.5 Å². The number of amides is 3. The van der Waals surface area contributed by atoms with Gasteiger partial charge < -0.3 is 10.2 Å². The molecule has 1 aliphatic carbocycles. The summed E-state index contributed by atoms with van der Waals surface area (Å²) in [7, 11) is 0. The minimum absolute atomic E-state index is 0.102. The molecule has 6 nitrogen and oxygen atoms in total. The molecule has 2 aliphatic heterocycles. The Kier molecular flexibility index (Phi) is 10.1. The Morgan fingerprint density at radius 2 is 1.66 bits per heavy atom. The number of nitrogens with one attached hydrogen (secondary N) is 2. The fourth-order valence-electron chi connectivity index (χ4n) is 5.55. The predicted octanol–water partition coefficient (Wildman–Crippen LogP) is 5.19. The van der Waals surface area contributed by atoms with E-state index < -0.39 is 6.04 Å². The highest BCUT2D eigenvalue weighted by molar-refractivity contribution is 7.99. The molecule has 1 atom stereocenters. The SMILES string of the molecule is O=C1CCC(N2Cc3cc(SCCCCCCCNC4CCCCCCC4)ccc3C2=O)C(=O)N1. The molecule has 0 spiro atoms. The number of imide groups is 1. The lowest BCUT2D eigenvalue weighted by Crippen LogP contribution is -2.52. The normalized spacial score (nSPS) is 21.5. The predicted molar refractivity (Wildman–Crippen MR) is 140 cm³/mol. The number of thioether (sulfide) groups is 1. The number of benzene rings is 1. The summed E-state index contributed by atoms with van der Waals surface area (Å²) in [5.41, 5.74) is 1.67. The average molecular weight is 500 g/mol. The zero-order valence-corrected chi connectivity index (χ0v) is 21.8. The van der Waals surface area contributed by atoms with Crippen molar-refractivity contribution in [2.45, 2.75) is 113 Å². The van der Waals surface area contributed by atoms with Crippen molar-refractivity contribution in [2.75, 3.05) is 12.3 Å². The van der Waals surface area contributed by atoms with E-state index in [9.17, 15) is 14.4 Å². The molecule has 1 saturated heterocycles. The zero-order valence-electron chi connectivity index (χ0n) is 21.0. The molecule has 2 N–H and O–H groups in total. The van der Waals surface area contributed by atoms with Crippen molar-refractivity contribution in [2.24, 2.45) is 0 Å². The first kappa shape index (κ1) is 26.2. The van der Waals surface area contributed by atoms with E-state index in [0.717, 1.165) is 17.4 Å². The second kappa shape index (κ2) is 13.4. The fourth-order valence-corrected chi connectivity index (χ4v) is 6.53. The summed E-state index contributed by atoms with van der Waals surface area (Å²) in [6.07, 6.45) is 16.8. The highest BCUT2D eigenvalue weighted by Gasteiger charge is 2.39. The number of carbonyl (C=O) groups is 3. The van der Waals surface area contributed by atoms with Gasteiger partial charge in [0.1, 0.15) is 6.04 Å².